The van der Waals surface area contributed by atoms with Crippen LogP contribution in [0.3, 0.4) is 0 Å². The predicted molar refractivity (Wildman–Crippen MR) is 143 cm³/mol. The van der Waals surface area contributed by atoms with Gasteiger partial charge in [0, 0.05) is 24.2 Å². The molecule has 7 heteroatoms. The third-order valence-electron chi connectivity index (χ3n) is 6.50. The van der Waals surface area contributed by atoms with Crippen LogP contribution in [-0.4, -0.2) is 35.6 Å². The fraction of sp³-hybridized carbons (Fsp3) is 0.333. The summed E-state index contributed by atoms with van der Waals surface area (Å²) in [5, 5.41) is 24.7. The topological polar surface area (TPSA) is 78.5 Å². The number of likely N-dealkylation sites (N-methyl/N-ethyl adjacent to an activating group) is 1. The van der Waals surface area contributed by atoms with Gasteiger partial charge in [-0.25, -0.2) is 0 Å². The van der Waals surface area contributed by atoms with Gasteiger partial charge in [-0.3, -0.25) is 0 Å². The zero-order valence-electron chi connectivity index (χ0n) is 21.4. The molecule has 0 radical (unpaired) electrons. The van der Waals surface area contributed by atoms with Crippen LogP contribution in [0.2, 0.25) is 0 Å². The molecule has 0 fully saturated rings. The lowest BCUT2D eigenvalue weighted by atomic mass is 9.72. The summed E-state index contributed by atoms with van der Waals surface area (Å²) in [7, 11) is 1.81. The first-order valence-corrected chi connectivity index (χ1v) is 12.2. The normalized spacial score (nSPS) is 16.6. The number of benzene rings is 2. The first-order valence-electron chi connectivity index (χ1n) is 12.2. The van der Waals surface area contributed by atoms with Crippen LogP contribution in [-0.2, 0) is 5.41 Å². The molecule has 1 aliphatic carbocycles. The van der Waals surface area contributed by atoms with E-state index < -0.39 is 30.0 Å². The molecule has 0 saturated heterocycles. The molecule has 2 aromatic carbocycles. The van der Waals surface area contributed by atoms with E-state index in [1.165, 1.54) is 12.1 Å². The zero-order valence-corrected chi connectivity index (χ0v) is 21.4. The lowest BCUT2D eigenvalue weighted by molar-refractivity contribution is -0.266. The summed E-state index contributed by atoms with van der Waals surface area (Å²) in [6.07, 6.45) is 3.33. The Morgan fingerprint density at radius 1 is 1.08 bits per heavy atom. The number of nitrogens with one attached hydrogen (secondary N) is 1. The van der Waals surface area contributed by atoms with Gasteiger partial charge in [0.25, 0.3) is 0 Å². The van der Waals surface area contributed by atoms with E-state index in [1.807, 2.05) is 61.7 Å². The molecule has 5 N–H and O–H groups in total. The van der Waals surface area contributed by atoms with E-state index in [2.05, 4.69) is 5.32 Å². The lowest BCUT2D eigenvalue weighted by Gasteiger charge is -2.38. The Morgan fingerprint density at radius 3 is 2.43 bits per heavy atom. The number of rotatable bonds is 9. The molecule has 0 aromatic heterocycles. The van der Waals surface area contributed by atoms with Crippen molar-refractivity contribution < 1.29 is 23.4 Å². The van der Waals surface area contributed by atoms with Crippen LogP contribution in [0.15, 0.2) is 95.8 Å². The van der Waals surface area contributed by atoms with Crippen molar-refractivity contribution in [2.24, 2.45) is 5.73 Å². The van der Waals surface area contributed by atoms with Gasteiger partial charge in [0.2, 0.25) is 0 Å². The Morgan fingerprint density at radius 2 is 1.78 bits per heavy atom. The molecule has 1 atom stereocenters. The largest absolute Gasteiger partial charge is 0.508 e. The maximum atomic E-state index is 14.3. The van der Waals surface area contributed by atoms with Gasteiger partial charge in [-0.1, -0.05) is 74.5 Å². The minimum Gasteiger partial charge on any atom is -0.508 e. The third kappa shape index (κ3) is 7.14. The summed E-state index contributed by atoms with van der Waals surface area (Å²) >= 11 is 0. The molecule has 1 aliphatic rings. The first-order chi connectivity index (χ1) is 17.3. The second kappa shape index (κ2) is 11.4. The number of nitrogens with two attached hydrogens (primary N) is 1. The highest BCUT2D eigenvalue weighted by Crippen LogP contribution is 2.46. The number of hydrogen-bond acceptors (Lipinski definition) is 4. The lowest BCUT2D eigenvalue weighted by Crippen LogP contribution is -2.50. The number of halogens is 3. The Balaban J connectivity index is 1.92. The molecule has 2 aromatic rings. The highest BCUT2D eigenvalue weighted by Gasteiger charge is 2.56. The van der Waals surface area contributed by atoms with Gasteiger partial charge in [0.05, 0.1) is 0 Å². The van der Waals surface area contributed by atoms with Crippen LogP contribution in [0.4, 0.5) is 13.2 Å². The minimum atomic E-state index is -4.94. The van der Waals surface area contributed by atoms with Gasteiger partial charge in [0.1, 0.15) is 5.75 Å². The summed E-state index contributed by atoms with van der Waals surface area (Å²) < 4.78 is 43.0. The maximum absolute atomic E-state index is 14.3. The van der Waals surface area contributed by atoms with Gasteiger partial charge >= 0.3 is 6.18 Å². The summed E-state index contributed by atoms with van der Waals surface area (Å²) in [6, 6.07) is 14.2. The van der Waals surface area contributed by atoms with E-state index in [9.17, 15) is 23.4 Å². The predicted octanol–water partition coefficient (Wildman–Crippen LogP) is 6.29. The molecule has 0 heterocycles. The molecule has 0 bridgehead atoms. The number of aromatic hydroxyl groups is 1. The van der Waals surface area contributed by atoms with E-state index in [1.54, 1.807) is 26.0 Å². The molecule has 1 unspecified atom stereocenters. The number of phenols is 1. The molecule has 4 nitrogen and oxygen atoms in total. The van der Waals surface area contributed by atoms with Gasteiger partial charge < -0.3 is 21.3 Å². The van der Waals surface area contributed by atoms with Crippen LogP contribution in [0, 0.1) is 0 Å². The molecular weight excluding hydrogens is 477 g/mol. The van der Waals surface area contributed by atoms with Crippen LogP contribution < -0.4 is 11.1 Å². The summed E-state index contributed by atoms with van der Waals surface area (Å²) in [6.45, 7) is 3.77. The van der Waals surface area contributed by atoms with Crippen LogP contribution in [0.5, 0.6) is 5.75 Å². The number of phenolic OH excluding ortho intramolecular Hbond substituents is 1. The van der Waals surface area contributed by atoms with Crippen molar-refractivity contribution in [3.8, 4) is 16.9 Å². The molecule has 37 heavy (non-hydrogen) atoms. The molecule has 0 amide bonds. The highest BCUT2D eigenvalue weighted by molar-refractivity contribution is 5.66. The highest BCUT2D eigenvalue weighted by atomic mass is 19.4. The fourth-order valence-corrected chi connectivity index (χ4v) is 4.74. The van der Waals surface area contributed by atoms with Crippen molar-refractivity contribution in [2.75, 3.05) is 13.6 Å². The van der Waals surface area contributed by atoms with Crippen LogP contribution >= 0.6 is 0 Å². The third-order valence-corrected chi connectivity index (χ3v) is 6.50. The fourth-order valence-electron chi connectivity index (χ4n) is 4.74. The van der Waals surface area contributed by atoms with E-state index in [0.717, 1.165) is 16.7 Å². The number of hydrogen-bond donors (Lipinski definition) is 4. The maximum Gasteiger partial charge on any atom is 0.417 e. The Kier molecular flexibility index (Phi) is 8.72. The minimum absolute atomic E-state index is 0.0777. The van der Waals surface area contributed by atoms with Crippen molar-refractivity contribution in [1.82, 2.24) is 5.32 Å². The van der Waals surface area contributed by atoms with E-state index in [4.69, 9.17) is 5.73 Å². The van der Waals surface area contributed by atoms with Gasteiger partial charge in [0.15, 0.2) is 5.60 Å². The summed E-state index contributed by atoms with van der Waals surface area (Å²) in [4.78, 5) is 0. The van der Waals surface area contributed by atoms with Gasteiger partial charge in [-0.05, 0) is 65.8 Å². The zero-order chi connectivity index (χ0) is 27.3. The molecule has 0 saturated carbocycles. The van der Waals surface area contributed by atoms with Gasteiger partial charge in [-0.2, -0.15) is 13.2 Å². The SMILES string of the molecule is CNCC1=CC(/C=C(\N)CC(O)(CC(C)(C)c2cc(-c3ccccc3)ccc2O)C(F)(F)F)=CCC=C1. The molecule has 0 spiro atoms. The average Bonchev–Trinajstić information content (AvgIpc) is 3.03. The second-order valence-electron chi connectivity index (χ2n) is 10.2. The van der Waals surface area contributed by atoms with Gasteiger partial charge in [-0.15, -0.1) is 0 Å². The molecular formula is C30H35F3N2O2. The number of allylic oxidation sites excluding steroid dienone is 5. The van der Waals surface area contributed by atoms with E-state index >= 15 is 0 Å². The summed E-state index contributed by atoms with van der Waals surface area (Å²) in [5.74, 6) is -0.129. The van der Waals surface area contributed by atoms with Crippen LogP contribution in [0.25, 0.3) is 11.1 Å². The number of alkyl halides is 3. The standard InChI is InChI=1S/C30H35F3N2O2/c1-28(2,26-17-24(13-14-27(26)36)23-11-5-4-6-12-23)20-29(37,30(31,32)33)18-25(34)16-21-9-7-8-10-22(15-21)19-35-3/h4-6,8-17,35-37H,7,18-20,34H2,1-3H3/b25-16-. The molecule has 3 rings (SSSR count). The summed E-state index contributed by atoms with van der Waals surface area (Å²) in [5.41, 5.74) is 5.28. The second-order valence-corrected chi connectivity index (χ2v) is 10.2. The van der Waals surface area contributed by atoms with Crippen molar-refractivity contribution in [2.45, 2.75) is 50.3 Å². The van der Waals surface area contributed by atoms with Crippen LogP contribution in [0.1, 0.15) is 38.7 Å². The smallest absolute Gasteiger partial charge is 0.417 e. The van der Waals surface area contributed by atoms with E-state index in [-0.39, 0.29) is 11.4 Å². The Labute approximate surface area is 216 Å². The Bertz CT molecular complexity index is 1210. The van der Waals surface area contributed by atoms with Crippen molar-refractivity contribution in [3.63, 3.8) is 0 Å². The molecule has 0 aliphatic heterocycles. The monoisotopic (exact) mass is 512 g/mol. The quantitative estimate of drug-likeness (QED) is 0.319. The Hall–Kier alpha value is -3.29. The first kappa shape index (κ1) is 28.3. The average molecular weight is 513 g/mol. The van der Waals surface area contributed by atoms with Crippen molar-refractivity contribution in [1.29, 1.82) is 0 Å². The number of aliphatic hydroxyl groups is 1. The van der Waals surface area contributed by atoms with Crippen molar-refractivity contribution >= 4 is 0 Å². The van der Waals surface area contributed by atoms with Crippen molar-refractivity contribution in [3.05, 3.63) is 101 Å². The van der Waals surface area contributed by atoms with E-state index in [0.29, 0.717) is 24.1 Å². The molecule has 198 valence electrons.